The van der Waals surface area contributed by atoms with Crippen LogP contribution in [0.1, 0.15) is 37.9 Å². The van der Waals surface area contributed by atoms with E-state index in [-0.39, 0.29) is 37.6 Å². The lowest BCUT2D eigenvalue weighted by molar-refractivity contribution is -0.124. The third-order valence-electron chi connectivity index (χ3n) is 5.70. The summed E-state index contributed by atoms with van der Waals surface area (Å²) in [6.45, 7) is 6.66. The number of halogens is 2. The molecule has 1 atom stereocenters. The molecule has 1 aromatic carbocycles. The van der Waals surface area contributed by atoms with E-state index in [0.29, 0.717) is 26.7 Å². The summed E-state index contributed by atoms with van der Waals surface area (Å²) in [7, 11) is 4.98. The molecule has 5 N–H and O–H groups in total. The molecule has 12 nitrogen and oxygen atoms in total. The van der Waals surface area contributed by atoms with Gasteiger partial charge in [0.05, 0.1) is 31.9 Å². The summed E-state index contributed by atoms with van der Waals surface area (Å²) in [6, 6.07) is 2.91. The molecule has 0 saturated heterocycles. The summed E-state index contributed by atoms with van der Waals surface area (Å²) in [5, 5.41) is 29.8. The van der Waals surface area contributed by atoms with Crippen molar-refractivity contribution in [3.8, 4) is 5.75 Å². The standard InChI is InChI=1S/C24H29FN6O4S.C2H6O2.HIS/c1-13(2)28-20(32)15(4)31-22(33)19-14(3)21(29-27-10-9-26)36-23(19)30(24(31)34)11-8-16-12-17(25)6-7-18(16)35-5;3-1-2-4;1-2/h6-7,9-10,12-13,15,26,29H,8,11H2,1-5H3,(H,28,32);3-4H,1-2H2;2H/b26-9?,27-10-;;. The quantitative estimate of drug-likeness (QED) is 0.0759. The first-order valence-corrected chi connectivity index (χ1v) is 16.6. The van der Waals surface area contributed by atoms with E-state index in [9.17, 15) is 18.8 Å². The zero-order chi connectivity index (χ0) is 32.0. The molecular weight excluding hydrogens is 702 g/mol. The molecule has 0 radical (unpaired) electrons. The number of hydrogen-bond acceptors (Lipinski definition) is 11. The molecule has 232 valence electrons. The second-order valence-electron chi connectivity index (χ2n) is 8.89. The molecule has 0 aliphatic heterocycles. The molecular formula is C26H36FIN6O6S2. The van der Waals surface area contributed by atoms with Gasteiger partial charge in [0.2, 0.25) is 5.91 Å². The number of hydrogen-bond donors (Lipinski definition) is 6. The first-order valence-electron chi connectivity index (χ1n) is 12.6. The van der Waals surface area contributed by atoms with Crippen LogP contribution in [-0.4, -0.2) is 64.0 Å². The number of thiol groups is 1. The Morgan fingerprint density at radius 2 is 1.90 bits per heavy atom. The third kappa shape index (κ3) is 9.62. The molecule has 16 heteroatoms. The smallest absolute Gasteiger partial charge is 0.332 e. The SMILES string of the molecule is COc1ccc(F)cc1CCn1c(=O)n(C(C)C(=O)NC(C)C)c(=O)c2c(C)c(N/N=C\C=N)sc21.OCCO.SI. The maximum absolute atomic E-state index is 13.9. The zero-order valence-corrected chi connectivity index (χ0v) is 27.7. The van der Waals surface area contributed by atoms with Crippen LogP contribution in [0.2, 0.25) is 0 Å². The highest BCUT2D eigenvalue weighted by Gasteiger charge is 2.26. The van der Waals surface area contributed by atoms with Gasteiger partial charge in [-0.2, -0.15) is 5.10 Å². The molecule has 2 aromatic heterocycles. The Morgan fingerprint density at radius 1 is 1.26 bits per heavy atom. The van der Waals surface area contributed by atoms with Crippen LogP contribution in [0.3, 0.4) is 0 Å². The molecule has 1 amide bonds. The van der Waals surface area contributed by atoms with Crippen molar-refractivity contribution in [2.24, 2.45) is 5.10 Å². The van der Waals surface area contributed by atoms with E-state index < -0.39 is 29.0 Å². The van der Waals surface area contributed by atoms with E-state index in [4.69, 9.17) is 20.4 Å². The topological polar surface area (TPSA) is 171 Å². The lowest BCUT2D eigenvalue weighted by Gasteiger charge is -2.19. The second-order valence-corrected chi connectivity index (χ2v) is 9.89. The highest BCUT2D eigenvalue weighted by atomic mass is 127. The highest BCUT2D eigenvalue weighted by molar-refractivity contribution is 14.2. The average Bonchev–Trinajstić information content (AvgIpc) is 3.29. The number of fused-ring (bicyclic) bond motifs is 1. The van der Waals surface area contributed by atoms with Crippen LogP contribution in [0.4, 0.5) is 9.39 Å². The minimum Gasteiger partial charge on any atom is -0.496 e. The Kier molecular flexibility index (Phi) is 16.6. The number of aryl methyl sites for hydroxylation is 3. The van der Waals surface area contributed by atoms with Gasteiger partial charge in [0.1, 0.15) is 27.4 Å². The van der Waals surface area contributed by atoms with E-state index >= 15 is 0 Å². The van der Waals surface area contributed by atoms with Gasteiger partial charge in [-0.05, 0) is 79.1 Å². The van der Waals surface area contributed by atoms with Gasteiger partial charge in [-0.15, -0.1) is 9.80 Å². The molecule has 42 heavy (non-hydrogen) atoms. The van der Waals surface area contributed by atoms with Crippen LogP contribution in [-0.2, 0) is 17.8 Å². The number of carbonyl (C=O) groups is 1. The summed E-state index contributed by atoms with van der Waals surface area (Å²) in [4.78, 5) is 40.3. The average molecular weight is 739 g/mol. The largest absolute Gasteiger partial charge is 0.496 e. The minimum atomic E-state index is -1.06. The number of amides is 1. The van der Waals surface area contributed by atoms with E-state index in [1.54, 1.807) is 20.8 Å². The van der Waals surface area contributed by atoms with Crippen LogP contribution in [0, 0.1) is 18.2 Å². The maximum atomic E-state index is 13.9. The predicted molar refractivity (Wildman–Crippen MR) is 178 cm³/mol. The van der Waals surface area contributed by atoms with Crippen LogP contribution in [0.25, 0.3) is 10.2 Å². The number of rotatable bonds is 11. The fraction of sp³-hybridized carbons (Fsp3) is 0.423. The summed E-state index contributed by atoms with van der Waals surface area (Å²) in [5.41, 5.74) is 2.68. The summed E-state index contributed by atoms with van der Waals surface area (Å²) < 4.78 is 21.6. The number of aromatic nitrogens is 2. The van der Waals surface area contributed by atoms with Crippen molar-refractivity contribution in [1.29, 1.82) is 5.41 Å². The van der Waals surface area contributed by atoms with E-state index in [1.165, 1.54) is 43.0 Å². The van der Waals surface area contributed by atoms with Crippen LogP contribution < -0.4 is 26.7 Å². The number of aliphatic hydroxyl groups excluding tert-OH is 2. The van der Waals surface area contributed by atoms with Crippen LogP contribution in [0.5, 0.6) is 5.75 Å². The Labute approximate surface area is 264 Å². The van der Waals surface area contributed by atoms with Crippen molar-refractivity contribution in [3.63, 3.8) is 0 Å². The van der Waals surface area contributed by atoms with Crippen molar-refractivity contribution < 1.29 is 24.1 Å². The maximum Gasteiger partial charge on any atom is 0.332 e. The van der Waals surface area contributed by atoms with Gasteiger partial charge in [0.25, 0.3) is 5.56 Å². The van der Waals surface area contributed by atoms with E-state index in [2.05, 4.69) is 25.6 Å². The summed E-state index contributed by atoms with van der Waals surface area (Å²) >= 11 is 3.01. The molecule has 0 fully saturated rings. The molecule has 0 aliphatic carbocycles. The Hall–Kier alpha value is -2.80. The lowest BCUT2D eigenvalue weighted by Crippen LogP contribution is -2.47. The molecule has 0 spiro atoms. The van der Waals surface area contributed by atoms with E-state index in [1.807, 2.05) is 21.2 Å². The Morgan fingerprint density at radius 3 is 2.45 bits per heavy atom. The molecule has 0 aliphatic rings. The summed E-state index contributed by atoms with van der Waals surface area (Å²) in [5.74, 6) is -0.414. The number of nitrogens with zero attached hydrogens (tertiary/aromatic N) is 3. The van der Waals surface area contributed by atoms with Gasteiger partial charge in [-0.1, -0.05) is 11.3 Å². The number of benzene rings is 1. The number of thiophene rings is 1. The highest BCUT2D eigenvalue weighted by Crippen LogP contribution is 2.33. The Balaban J connectivity index is 0.00000135. The van der Waals surface area contributed by atoms with Gasteiger partial charge >= 0.3 is 5.69 Å². The second kappa shape index (κ2) is 18.7. The molecule has 3 rings (SSSR count). The van der Waals surface area contributed by atoms with Crippen molar-refractivity contribution in [1.82, 2.24) is 14.5 Å². The van der Waals surface area contributed by atoms with Gasteiger partial charge < -0.3 is 25.7 Å². The molecule has 0 saturated carbocycles. The fourth-order valence-electron chi connectivity index (χ4n) is 3.84. The number of carbonyl (C=O) groups excluding carboxylic acids is 1. The normalized spacial score (nSPS) is 11.4. The van der Waals surface area contributed by atoms with E-state index in [0.717, 1.165) is 22.1 Å². The van der Waals surface area contributed by atoms with Crippen molar-refractivity contribution >= 4 is 75.9 Å². The van der Waals surface area contributed by atoms with Gasteiger partial charge in [0.15, 0.2) is 0 Å². The third-order valence-corrected chi connectivity index (χ3v) is 6.92. The molecule has 2 heterocycles. The van der Waals surface area contributed by atoms with Crippen LogP contribution in [0.15, 0.2) is 32.9 Å². The monoisotopic (exact) mass is 738 g/mol. The number of ether oxygens (including phenoxy) is 1. The fourth-order valence-corrected chi connectivity index (χ4v) is 5.01. The lowest BCUT2D eigenvalue weighted by atomic mass is 10.1. The predicted octanol–water partition coefficient (Wildman–Crippen LogP) is 3.29. The number of methoxy groups -OCH3 is 1. The van der Waals surface area contributed by atoms with Crippen molar-refractivity contribution in [2.75, 3.05) is 25.7 Å². The molecule has 1 unspecified atom stereocenters. The van der Waals surface area contributed by atoms with Gasteiger partial charge in [0, 0.05) is 24.4 Å². The van der Waals surface area contributed by atoms with Gasteiger partial charge in [-0.25, -0.2) is 13.8 Å². The van der Waals surface area contributed by atoms with Crippen molar-refractivity contribution in [2.45, 2.75) is 52.7 Å². The molecule has 0 bridgehead atoms. The van der Waals surface area contributed by atoms with Gasteiger partial charge in [-0.3, -0.25) is 19.6 Å². The summed E-state index contributed by atoms with van der Waals surface area (Å²) in [6.07, 6.45) is 2.48. The zero-order valence-electron chi connectivity index (χ0n) is 23.9. The first kappa shape index (κ1) is 37.2. The number of hydrazone groups is 1. The number of nitrogens with one attached hydrogen (secondary N) is 3. The number of aliphatic hydroxyl groups is 2. The Bertz CT molecular complexity index is 1490. The number of anilines is 1. The van der Waals surface area contributed by atoms with Crippen LogP contribution >= 0.6 is 42.3 Å². The van der Waals surface area contributed by atoms with Crippen molar-refractivity contribution in [3.05, 3.63) is 56.0 Å². The first-order chi connectivity index (χ1) is 20.0. The minimum absolute atomic E-state index is 0.108. The molecule has 3 aromatic rings.